The van der Waals surface area contributed by atoms with Crippen molar-refractivity contribution in [2.45, 2.75) is 23.8 Å². The highest BCUT2D eigenvalue weighted by Gasteiger charge is 2.27. The third-order valence-electron chi connectivity index (χ3n) is 4.96. The summed E-state index contributed by atoms with van der Waals surface area (Å²) in [6.07, 6.45) is 2.83. The number of carbonyl (C=O) groups is 1. The van der Waals surface area contributed by atoms with Gasteiger partial charge < -0.3 is 9.47 Å². The van der Waals surface area contributed by atoms with Crippen molar-refractivity contribution in [1.29, 1.82) is 0 Å². The molecule has 1 aliphatic heterocycles. The topological polar surface area (TPSA) is 85.8 Å². The van der Waals surface area contributed by atoms with Gasteiger partial charge >= 0.3 is 0 Å². The molecule has 7 nitrogen and oxygen atoms in total. The van der Waals surface area contributed by atoms with E-state index in [1.54, 1.807) is 30.3 Å². The number of carbonyl (C=O) groups excluding carboxylic acids is 1. The van der Waals surface area contributed by atoms with Crippen LogP contribution in [-0.4, -0.2) is 51.4 Å². The fourth-order valence-corrected chi connectivity index (χ4v) is 5.54. The normalized spacial score (nSPS) is 16.4. The summed E-state index contributed by atoms with van der Waals surface area (Å²) >= 11 is 13.3. The fourth-order valence-electron chi connectivity index (χ4n) is 3.33. The van der Waals surface area contributed by atoms with Gasteiger partial charge in [0.05, 0.1) is 32.8 Å². The third kappa shape index (κ3) is 5.35. The van der Waals surface area contributed by atoms with Crippen molar-refractivity contribution in [2.75, 3.05) is 30.9 Å². The second-order valence-corrected chi connectivity index (χ2v) is 11.3. The first kappa shape index (κ1) is 23.3. The van der Waals surface area contributed by atoms with Crippen LogP contribution < -0.4 is 9.64 Å². The minimum absolute atomic E-state index is 0.100. The van der Waals surface area contributed by atoms with Gasteiger partial charge in [0.1, 0.15) is 5.75 Å². The van der Waals surface area contributed by atoms with E-state index in [-0.39, 0.29) is 23.5 Å². The molecule has 3 aromatic rings. The Morgan fingerprint density at radius 2 is 2.09 bits per heavy atom. The van der Waals surface area contributed by atoms with Gasteiger partial charge in [0.2, 0.25) is 0 Å². The van der Waals surface area contributed by atoms with Crippen LogP contribution in [-0.2, 0) is 19.4 Å². The number of anilines is 1. The molecule has 11 heteroatoms. The van der Waals surface area contributed by atoms with E-state index in [4.69, 9.17) is 32.7 Å². The molecule has 0 N–H and O–H groups in total. The van der Waals surface area contributed by atoms with Gasteiger partial charge in [-0.3, -0.25) is 9.69 Å². The highest BCUT2D eigenvalue weighted by molar-refractivity contribution is 7.90. The van der Waals surface area contributed by atoms with Crippen LogP contribution in [0.3, 0.4) is 0 Å². The number of rotatable bonds is 7. The lowest BCUT2D eigenvalue weighted by Crippen LogP contribution is -2.40. The Bertz CT molecular complexity index is 1260. The van der Waals surface area contributed by atoms with Crippen molar-refractivity contribution in [1.82, 2.24) is 4.98 Å². The number of fused-ring (bicyclic) bond motifs is 1. The maximum atomic E-state index is 13.1. The second kappa shape index (κ2) is 9.52. The molecule has 1 saturated heterocycles. The molecule has 32 heavy (non-hydrogen) atoms. The van der Waals surface area contributed by atoms with Crippen molar-refractivity contribution in [3.05, 3.63) is 46.4 Å². The first-order chi connectivity index (χ1) is 15.2. The van der Waals surface area contributed by atoms with Gasteiger partial charge in [0.25, 0.3) is 5.91 Å². The summed E-state index contributed by atoms with van der Waals surface area (Å²) in [5.41, 5.74) is 0.615. The predicted octanol–water partition coefficient (Wildman–Crippen LogP) is 4.60. The highest BCUT2D eigenvalue weighted by atomic mass is 35.5. The van der Waals surface area contributed by atoms with E-state index in [1.165, 1.54) is 22.3 Å². The van der Waals surface area contributed by atoms with Crippen LogP contribution >= 0.6 is 34.5 Å². The van der Waals surface area contributed by atoms with Crippen molar-refractivity contribution in [2.24, 2.45) is 0 Å². The summed E-state index contributed by atoms with van der Waals surface area (Å²) in [5.74, 6) is 0.0393. The number of hydrogen-bond donors (Lipinski definition) is 0. The molecule has 0 radical (unpaired) electrons. The van der Waals surface area contributed by atoms with E-state index in [0.717, 1.165) is 19.1 Å². The SMILES string of the molecule is CS(=O)(=O)c1ccc2nc(N(CC3CCCO3)C(=O)COc3ccc(Cl)cc3Cl)sc2c1. The van der Waals surface area contributed by atoms with Crippen LogP contribution in [0.1, 0.15) is 12.8 Å². The van der Waals surface area contributed by atoms with Crippen LogP contribution in [0, 0.1) is 0 Å². The highest BCUT2D eigenvalue weighted by Crippen LogP contribution is 2.32. The van der Waals surface area contributed by atoms with Gasteiger partial charge in [-0.15, -0.1) is 0 Å². The largest absolute Gasteiger partial charge is 0.482 e. The van der Waals surface area contributed by atoms with Crippen LogP contribution in [0.25, 0.3) is 10.2 Å². The Morgan fingerprint density at radius 3 is 2.78 bits per heavy atom. The number of hydrogen-bond acceptors (Lipinski definition) is 7. The summed E-state index contributed by atoms with van der Waals surface area (Å²) in [5, 5.41) is 1.23. The van der Waals surface area contributed by atoms with Crippen LogP contribution in [0.4, 0.5) is 5.13 Å². The summed E-state index contributed by atoms with van der Waals surface area (Å²) in [7, 11) is -3.35. The summed E-state index contributed by atoms with van der Waals surface area (Å²) < 4.78 is 35.8. The number of benzene rings is 2. The Hall–Kier alpha value is -1.91. The van der Waals surface area contributed by atoms with Gasteiger partial charge in [-0.05, 0) is 49.2 Å². The third-order valence-corrected chi connectivity index (χ3v) is 7.65. The zero-order chi connectivity index (χ0) is 22.9. The van der Waals surface area contributed by atoms with Crippen molar-refractivity contribution in [3.63, 3.8) is 0 Å². The van der Waals surface area contributed by atoms with Gasteiger partial charge in [0, 0.05) is 17.9 Å². The minimum Gasteiger partial charge on any atom is -0.482 e. The molecule has 0 spiro atoms. The molecule has 0 saturated carbocycles. The van der Waals surface area contributed by atoms with Crippen LogP contribution in [0.15, 0.2) is 41.3 Å². The van der Waals surface area contributed by atoms with E-state index in [0.29, 0.717) is 44.3 Å². The molecule has 1 unspecified atom stereocenters. The van der Waals surface area contributed by atoms with E-state index in [2.05, 4.69) is 4.98 Å². The molecule has 4 rings (SSSR count). The lowest BCUT2D eigenvalue weighted by atomic mass is 10.2. The summed E-state index contributed by atoms with van der Waals surface area (Å²) in [6.45, 7) is 0.731. The predicted molar refractivity (Wildman–Crippen MR) is 126 cm³/mol. The minimum atomic E-state index is -3.35. The standard InChI is InChI=1S/C21H20Cl2N2O5S2/c1-32(27,28)15-5-6-17-19(10-15)31-21(24-17)25(11-14-3-2-8-29-14)20(26)12-30-18-7-4-13(22)9-16(18)23/h4-7,9-10,14H,2-3,8,11-12H2,1H3. The van der Waals surface area contributed by atoms with Gasteiger partial charge in [-0.25, -0.2) is 13.4 Å². The fraction of sp³-hybridized carbons (Fsp3) is 0.333. The lowest BCUT2D eigenvalue weighted by molar-refractivity contribution is -0.120. The number of amides is 1. The van der Waals surface area contributed by atoms with E-state index in [9.17, 15) is 13.2 Å². The Labute approximate surface area is 199 Å². The van der Waals surface area contributed by atoms with E-state index in [1.807, 2.05) is 0 Å². The molecule has 0 aliphatic carbocycles. The van der Waals surface area contributed by atoms with Crippen LogP contribution in [0.5, 0.6) is 5.75 Å². The smallest absolute Gasteiger partial charge is 0.266 e. The number of thiazole rings is 1. The van der Waals surface area contributed by atoms with E-state index >= 15 is 0 Å². The molecule has 1 amide bonds. The molecule has 2 aromatic carbocycles. The maximum absolute atomic E-state index is 13.1. The molecule has 170 valence electrons. The molecule has 1 fully saturated rings. The van der Waals surface area contributed by atoms with Crippen molar-refractivity contribution < 1.29 is 22.7 Å². The number of halogens is 2. The molecule has 1 aromatic heterocycles. The van der Waals surface area contributed by atoms with Gasteiger partial charge in [0.15, 0.2) is 21.6 Å². The molecular weight excluding hydrogens is 495 g/mol. The quantitative estimate of drug-likeness (QED) is 0.458. The van der Waals surface area contributed by atoms with Crippen molar-refractivity contribution in [3.8, 4) is 5.75 Å². The van der Waals surface area contributed by atoms with Crippen LogP contribution in [0.2, 0.25) is 10.0 Å². The number of aromatic nitrogens is 1. The Morgan fingerprint density at radius 1 is 1.28 bits per heavy atom. The molecule has 1 atom stereocenters. The average molecular weight is 515 g/mol. The monoisotopic (exact) mass is 514 g/mol. The van der Waals surface area contributed by atoms with E-state index < -0.39 is 9.84 Å². The zero-order valence-corrected chi connectivity index (χ0v) is 20.2. The lowest BCUT2D eigenvalue weighted by Gasteiger charge is -2.23. The molecule has 0 bridgehead atoms. The summed E-state index contributed by atoms with van der Waals surface area (Å²) in [4.78, 5) is 19.4. The molecular formula is C21H20Cl2N2O5S2. The Balaban J connectivity index is 1.60. The first-order valence-electron chi connectivity index (χ1n) is 9.81. The molecule has 2 heterocycles. The summed E-state index contributed by atoms with van der Waals surface area (Å²) in [6, 6.07) is 9.51. The van der Waals surface area contributed by atoms with Gasteiger partial charge in [-0.1, -0.05) is 34.5 Å². The molecule has 1 aliphatic rings. The first-order valence-corrected chi connectivity index (χ1v) is 13.3. The average Bonchev–Trinajstić information content (AvgIpc) is 3.39. The number of sulfone groups is 1. The maximum Gasteiger partial charge on any atom is 0.266 e. The number of nitrogens with zero attached hydrogens (tertiary/aromatic N) is 2. The second-order valence-electron chi connectivity index (χ2n) is 7.40. The van der Waals surface area contributed by atoms with Gasteiger partial charge in [-0.2, -0.15) is 0 Å². The Kier molecular flexibility index (Phi) is 6.92. The van der Waals surface area contributed by atoms with Crippen molar-refractivity contribution >= 4 is 65.6 Å². The number of ether oxygens (including phenoxy) is 2. The zero-order valence-electron chi connectivity index (χ0n) is 17.1.